The van der Waals surface area contributed by atoms with E-state index >= 15 is 0 Å². The molecular weight excluding hydrogens is 248 g/mol. The predicted octanol–water partition coefficient (Wildman–Crippen LogP) is 1.60. The van der Waals surface area contributed by atoms with Crippen molar-refractivity contribution in [1.29, 1.82) is 0 Å². The smallest absolute Gasteiger partial charge is 0.202 e. The van der Waals surface area contributed by atoms with Crippen molar-refractivity contribution in [2.24, 2.45) is 0 Å². The highest BCUT2D eigenvalue weighted by atomic mass is 32.1. The third kappa shape index (κ3) is 2.65. The van der Waals surface area contributed by atoms with Gasteiger partial charge in [0.2, 0.25) is 5.13 Å². The Balaban J connectivity index is 1.57. The number of aromatic nitrogens is 2. The van der Waals surface area contributed by atoms with Gasteiger partial charge in [-0.05, 0) is 32.2 Å². The minimum absolute atomic E-state index is 0.0696. The molecule has 0 spiro atoms. The number of hydrogen-bond acceptors (Lipinski definition) is 6. The molecule has 0 aromatic carbocycles. The normalized spacial score (nSPS) is 27.6. The van der Waals surface area contributed by atoms with E-state index in [4.69, 9.17) is 4.74 Å². The van der Waals surface area contributed by atoms with E-state index in [1.807, 2.05) is 0 Å². The molecule has 2 fully saturated rings. The molecular formula is C12H20N4OS. The Morgan fingerprint density at radius 1 is 1.56 bits per heavy atom. The Morgan fingerprint density at radius 2 is 2.44 bits per heavy atom. The largest absolute Gasteiger partial charge is 0.383 e. The van der Waals surface area contributed by atoms with E-state index in [0.717, 1.165) is 37.1 Å². The van der Waals surface area contributed by atoms with Gasteiger partial charge in [-0.1, -0.05) is 0 Å². The topological polar surface area (TPSA) is 59.1 Å². The molecule has 2 heterocycles. The fourth-order valence-electron chi connectivity index (χ4n) is 2.53. The average Bonchev–Trinajstić information content (AvgIpc) is 2.94. The molecule has 1 aliphatic carbocycles. The van der Waals surface area contributed by atoms with E-state index in [1.54, 1.807) is 7.11 Å². The van der Waals surface area contributed by atoms with Crippen LogP contribution in [-0.2, 0) is 4.74 Å². The summed E-state index contributed by atoms with van der Waals surface area (Å²) in [7, 11) is 1.76. The third-order valence-corrected chi connectivity index (χ3v) is 4.40. The van der Waals surface area contributed by atoms with Crippen LogP contribution >= 0.6 is 11.5 Å². The molecule has 1 aromatic rings. The lowest BCUT2D eigenvalue weighted by Gasteiger charge is -2.28. The second-order valence-corrected chi connectivity index (χ2v) is 6.08. The van der Waals surface area contributed by atoms with Gasteiger partial charge >= 0.3 is 0 Å². The second-order valence-electron chi connectivity index (χ2n) is 5.33. The molecule has 1 aromatic heterocycles. The molecule has 3 rings (SSSR count). The van der Waals surface area contributed by atoms with Crippen molar-refractivity contribution in [2.75, 3.05) is 32.1 Å². The van der Waals surface area contributed by atoms with Gasteiger partial charge in [-0.3, -0.25) is 0 Å². The van der Waals surface area contributed by atoms with Gasteiger partial charge in [0.15, 0.2) is 0 Å². The van der Waals surface area contributed by atoms with Crippen LogP contribution in [-0.4, -0.2) is 41.7 Å². The van der Waals surface area contributed by atoms with Crippen molar-refractivity contribution < 1.29 is 4.74 Å². The summed E-state index contributed by atoms with van der Waals surface area (Å²) in [5, 5.41) is 7.92. The molecule has 0 amide bonds. The molecule has 0 radical (unpaired) electrons. The summed E-state index contributed by atoms with van der Waals surface area (Å²) in [5.74, 6) is 1.66. The van der Waals surface area contributed by atoms with Crippen LogP contribution in [0.2, 0.25) is 0 Å². The zero-order valence-electron chi connectivity index (χ0n) is 10.7. The third-order valence-electron chi connectivity index (χ3n) is 3.71. The van der Waals surface area contributed by atoms with Gasteiger partial charge < -0.3 is 15.4 Å². The average molecular weight is 268 g/mol. The summed E-state index contributed by atoms with van der Waals surface area (Å²) in [6.07, 6.45) is 4.88. The Hall–Kier alpha value is -0.720. The van der Waals surface area contributed by atoms with Crippen molar-refractivity contribution in [3.63, 3.8) is 0 Å². The summed E-state index contributed by atoms with van der Waals surface area (Å²) in [4.78, 5) is 4.55. The molecule has 2 aliphatic rings. The molecule has 6 heteroatoms. The van der Waals surface area contributed by atoms with Gasteiger partial charge in [0, 0.05) is 31.1 Å². The fraction of sp³-hybridized carbons (Fsp3) is 0.833. The first-order chi connectivity index (χ1) is 8.81. The van der Waals surface area contributed by atoms with Crippen LogP contribution in [0.1, 0.15) is 37.4 Å². The zero-order chi connectivity index (χ0) is 12.4. The quantitative estimate of drug-likeness (QED) is 0.820. The van der Waals surface area contributed by atoms with Crippen molar-refractivity contribution in [3.8, 4) is 0 Å². The van der Waals surface area contributed by atoms with Gasteiger partial charge in [-0.2, -0.15) is 4.37 Å². The SMILES string of the molecule is COCC1(CNc2nc(C3CC3)ns2)CCCN1. The summed E-state index contributed by atoms with van der Waals surface area (Å²) in [6.45, 7) is 2.68. The summed E-state index contributed by atoms with van der Waals surface area (Å²) in [5.41, 5.74) is 0.0696. The van der Waals surface area contributed by atoms with E-state index in [0.29, 0.717) is 5.92 Å². The van der Waals surface area contributed by atoms with Gasteiger partial charge in [0.25, 0.3) is 0 Å². The molecule has 1 saturated heterocycles. The van der Waals surface area contributed by atoms with E-state index < -0.39 is 0 Å². The maximum absolute atomic E-state index is 5.34. The Labute approximate surface area is 112 Å². The molecule has 5 nitrogen and oxygen atoms in total. The molecule has 1 saturated carbocycles. The van der Waals surface area contributed by atoms with Gasteiger partial charge in [0.05, 0.1) is 12.1 Å². The molecule has 100 valence electrons. The first kappa shape index (κ1) is 12.3. The van der Waals surface area contributed by atoms with E-state index in [9.17, 15) is 0 Å². The first-order valence-electron chi connectivity index (χ1n) is 6.63. The van der Waals surface area contributed by atoms with Crippen molar-refractivity contribution in [2.45, 2.75) is 37.1 Å². The predicted molar refractivity (Wildman–Crippen MR) is 72.2 cm³/mol. The van der Waals surface area contributed by atoms with Crippen LogP contribution in [0.3, 0.4) is 0 Å². The lowest BCUT2D eigenvalue weighted by Crippen LogP contribution is -2.49. The van der Waals surface area contributed by atoms with Crippen LogP contribution in [0, 0.1) is 0 Å². The van der Waals surface area contributed by atoms with Crippen LogP contribution < -0.4 is 10.6 Å². The minimum atomic E-state index is 0.0696. The monoisotopic (exact) mass is 268 g/mol. The summed E-state index contributed by atoms with van der Waals surface area (Å²) >= 11 is 1.48. The highest BCUT2D eigenvalue weighted by Gasteiger charge is 2.34. The first-order valence-corrected chi connectivity index (χ1v) is 7.40. The van der Waals surface area contributed by atoms with E-state index in [2.05, 4.69) is 20.0 Å². The maximum Gasteiger partial charge on any atom is 0.202 e. The number of hydrogen-bond donors (Lipinski definition) is 2. The highest BCUT2D eigenvalue weighted by Crippen LogP contribution is 2.39. The molecule has 1 aliphatic heterocycles. The van der Waals surface area contributed by atoms with E-state index in [-0.39, 0.29) is 5.54 Å². The number of nitrogens with one attached hydrogen (secondary N) is 2. The number of methoxy groups -OCH3 is 1. The lowest BCUT2D eigenvalue weighted by atomic mass is 9.99. The summed E-state index contributed by atoms with van der Waals surface area (Å²) < 4.78 is 9.74. The molecule has 2 N–H and O–H groups in total. The standard InChI is InChI=1S/C12H20N4OS/c1-17-8-12(5-2-6-14-12)7-13-11-15-10(16-18-11)9-3-4-9/h9,14H,2-8H2,1H3,(H,13,15,16). The van der Waals surface area contributed by atoms with Crippen LogP contribution in [0.5, 0.6) is 0 Å². The van der Waals surface area contributed by atoms with Crippen molar-refractivity contribution in [1.82, 2.24) is 14.7 Å². The number of anilines is 1. The highest BCUT2D eigenvalue weighted by molar-refractivity contribution is 7.09. The minimum Gasteiger partial charge on any atom is -0.383 e. The van der Waals surface area contributed by atoms with Crippen LogP contribution in [0.25, 0.3) is 0 Å². The molecule has 1 atom stereocenters. The van der Waals surface area contributed by atoms with Gasteiger partial charge in [-0.15, -0.1) is 0 Å². The maximum atomic E-state index is 5.34. The number of rotatable bonds is 6. The Morgan fingerprint density at radius 3 is 3.11 bits per heavy atom. The van der Waals surface area contributed by atoms with Crippen LogP contribution in [0.4, 0.5) is 5.13 Å². The Bertz CT molecular complexity index is 399. The van der Waals surface area contributed by atoms with Crippen molar-refractivity contribution in [3.05, 3.63) is 5.82 Å². The second kappa shape index (κ2) is 5.11. The zero-order valence-corrected chi connectivity index (χ0v) is 11.6. The van der Waals surface area contributed by atoms with Crippen molar-refractivity contribution >= 4 is 16.7 Å². The summed E-state index contributed by atoms with van der Waals surface area (Å²) in [6, 6.07) is 0. The Kier molecular flexibility index (Phi) is 3.50. The molecule has 18 heavy (non-hydrogen) atoms. The van der Waals surface area contributed by atoms with Gasteiger partial charge in [0.1, 0.15) is 5.82 Å². The fourth-order valence-corrected chi connectivity index (χ4v) is 3.17. The van der Waals surface area contributed by atoms with Gasteiger partial charge in [-0.25, -0.2) is 4.98 Å². The number of ether oxygens (including phenoxy) is 1. The van der Waals surface area contributed by atoms with E-state index in [1.165, 1.54) is 30.8 Å². The molecule has 1 unspecified atom stereocenters. The lowest BCUT2D eigenvalue weighted by molar-refractivity contribution is 0.127. The molecule has 0 bridgehead atoms. The number of nitrogens with zero attached hydrogens (tertiary/aromatic N) is 2. The van der Waals surface area contributed by atoms with Crippen LogP contribution in [0.15, 0.2) is 0 Å².